The summed E-state index contributed by atoms with van der Waals surface area (Å²) in [5.74, 6) is 0.122. The molecule has 0 radical (unpaired) electrons. The molecule has 0 aliphatic heterocycles. The van der Waals surface area contributed by atoms with Crippen molar-refractivity contribution in [3.63, 3.8) is 0 Å². The van der Waals surface area contributed by atoms with Gasteiger partial charge in [0.15, 0.2) is 0 Å². The Morgan fingerprint density at radius 2 is 1.68 bits per heavy atom. The average Bonchev–Trinajstić information content (AvgIpc) is 2.38. The first-order valence-electron chi connectivity index (χ1n) is 6.72. The molecule has 0 aromatic heterocycles. The predicted octanol–water partition coefficient (Wildman–Crippen LogP) is 2.18. The van der Waals surface area contributed by atoms with Crippen molar-refractivity contribution in [3.05, 3.63) is 34.9 Å². The summed E-state index contributed by atoms with van der Waals surface area (Å²) in [6.45, 7) is 2.24. The molecule has 0 bridgehead atoms. The molecule has 1 aliphatic carbocycles. The maximum Gasteiger partial charge on any atom is 0.248 e. The summed E-state index contributed by atoms with van der Waals surface area (Å²) in [6, 6.07) is 4.93. The van der Waals surface area contributed by atoms with Crippen LogP contribution in [0.5, 0.6) is 0 Å². The molecule has 1 aromatic carbocycles. The van der Waals surface area contributed by atoms with E-state index in [1.807, 2.05) is 0 Å². The van der Waals surface area contributed by atoms with Crippen LogP contribution in [-0.2, 0) is 0 Å². The first-order chi connectivity index (χ1) is 8.99. The topological polar surface area (TPSA) is 86.2 Å². The normalized spacial score (nSPS) is 23.0. The Kier molecular flexibility index (Phi) is 3.88. The number of nitrogens with two attached hydrogens (primary N) is 2. The molecule has 102 valence electrons. The number of rotatable bonds is 3. The molecule has 0 spiro atoms. The molecule has 19 heavy (non-hydrogen) atoms. The SMILES string of the molecule is CC1CCC(c2cc(C(N)=O)ccc2C(N)=O)CC1. The number of primary amides is 2. The summed E-state index contributed by atoms with van der Waals surface area (Å²) in [6.07, 6.45) is 4.35. The van der Waals surface area contributed by atoms with Crippen LogP contribution < -0.4 is 11.5 Å². The summed E-state index contributed by atoms with van der Waals surface area (Å²) < 4.78 is 0. The summed E-state index contributed by atoms with van der Waals surface area (Å²) in [5.41, 5.74) is 12.6. The van der Waals surface area contributed by atoms with Gasteiger partial charge in [-0.1, -0.05) is 19.8 Å². The fourth-order valence-corrected chi connectivity index (χ4v) is 2.85. The van der Waals surface area contributed by atoms with Crippen molar-refractivity contribution in [2.24, 2.45) is 17.4 Å². The zero-order valence-electron chi connectivity index (χ0n) is 11.2. The Morgan fingerprint density at radius 3 is 2.21 bits per heavy atom. The number of amides is 2. The van der Waals surface area contributed by atoms with Crippen molar-refractivity contribution in [3.8, 4) is 0 Å². The van der Waals surface area contributed by atoms with Crippen LogP contribution in [0.15, 0.2) is 18.2 Å². The van der Waals surface area contributed by atoms with E-state index >= 15 is 0 Å². The van der Waals surface area contributed by atoms with Gasteiger partial charge in [0.2, 0.25) is 11.8 Å². The third-order valence-corrected chi connectivity index (χ3v) is 4.06. The quantitative estimate of drug-likeness (QED) is 0.872. The van der Waals surface area contributed by atoms with E-state index in [-0.39, 0.29) is 0 Å². The number of carbonyl (C=O) groups excluding carboxylic acids is 2. The first-order valence-corrected chi connectivity index (χ1v) is 6.72. The largest absolute Gasteiger partial charge is 0.366 e. The molecule has 0 heterocycles. The third-order valence-electron chi connectivity index (χ3n) is 4.06. The second-order valence-corrected chi connectivity index (χ2v) is 5.49. The molecular formula is C15H20N2O2. The van der Waals surface area contributed by atoms with E-state index < -0.39 is 11.8 Å². The summed E-state index contributed by atoms with van der Waals surface area (Å²) in [5, 5.41) is 0. The lowest BCUT2D eigenvalue weighted by Crippen LogP contribution is -2.20. The highest BCUT2D eigenvalue weighted by atomic mass is 16.1. The van der Waals surface area contributed by atoms with Gasteiger partial charge in [0.05, 0.1) is 0 Å². The van der Waals surface area contributed by atoms with E-state index in [4.69, 9.17) is 11.5 Å². The predicted molar refractivity (Wildman–Crippen MR) is 73.9 cm³/mol. The standard InChI is InChI=1S/C15H20N2O2/c1-9-2-4-10(5-3-9)13-8-11(14(16)18)6-7-12(13)15(17)19/h6-10H,2-5H2,1H3,(H2,16,18)(H2,17,19). The molecule has 4 nitrogen and oxygen atoms in total. The molecule has 1 aliphatic rings. The van der Waals surface area contributed by atoms with Crippen LogP contribution in [0.3, 0.4) is 0 Å². The Balaban J connectivity index is 2.37. The molecule has 2 amide bonds. The van der Waals surface area contributed by atoms with E-state index in [0.29, 0.717) is 17.0 Å². The van der Waals surface area contributed by atoms with Crippen molar-refractivity contribution >= 4 is 11.8 Å². The van der Waals surface area contributed by atoms with Crippen LogP contribution >= 0.6 is 0 Å². The van der Waals surface area contributed by atoms with Crippen molar-refractivity contribution in [1.82, 2.24) is 0 Å². The van der Waals surface area contributed by atoms with E-state index in [1.165, 1.54) is 0 Å². The van der Waals surface area contributed by atoms with Crippen molar-refractivity contribution in [2.75, 3.05) is 0 Å². The van der Waals surface area contributed by atoms with Gasteiger partial charge in [-0.05, 0) is 48.4 Å². The fourth-order valence-electron chi connectivity index (χ4n) is 2.85. The van der Waals surface area contributed by atoms with Gasteiger partial charge in [0.1, 0.15) is 0 Å². The van der Waals surface area contributed by atoms with Crippen LogP contribution in [0.2, 0.25) is 0 Å². The van der Waals surface area contributed by atoms with Crippen LogP contribution in [-0.4, -0.2) is 11.8 Å². The molecule has 4 N–H and O–H groups in total. The second-order valence-electron chi connectivity index (χ2n) is 5.49. The minimum absolute atomic E-state index is 0.304. The van der Waals surface area contributed by atoms with Crippen molar-refractivity contribution in [1.29, 1.82) is 0 Å². The molecule has 4 heteroatoms. The van der Waals surface area contributed by atoms with Crippen LogP contribution in [0, 0.1) is 5.92 Å². The van der Waals surface area contributed by atoms with Gasteiger partial charge in [-0.25, -0.2) is 0 Å². The molecule has 1 saturated carbocycles. The average molecular weight is 260 g/mol. The summed E-state index contributed by atoms with van der Waals surface area (Å²) in [7, 11) is 0. The fraction of sp³-hybridized carbons (Fsp3) is 0.467. The van der Waals surface area contributed by atoms with E-state index in [9.17, 15) is 9.59 Å². The summed E-state index contributed by atoms with van der Waals surface area (Å²) in [4.78, 5) is 22.8. The Bertz CT molecular complexity index is 503. The highest BCUT2D eigenvalue weighted by Crippen LogP contribution is 2.37. The van der Waals surface area contributed by atoms with Crippen LogP contribution in [0.1, 0.15) is 64.8 Å². The van der Waals surface area contributed by atoms with E-state index in [1.54, 1.807) is 18.2 Å². The zero-order chi connectivity index (χ0) is 14.0. The van der Waals surface area contributed by atoms with Gasteiger partial charge < -0.3 is 11.5 Å². The zero-order valence-corrected chi connectivity index (χ0v) is 11.2. The monoisotopic (exact) mass is 260 g/mol. The molecule has 0 unspecified atom stereocenters. The Hall–Kier alpha value is -1.84. The highest BCUT2D eigenvalue weighted by Gasteiger charge is 2.24. The van der Waals surface area contributed by atoms with Crippen molar-refractivity contribution in [2.45, 2.75) is 38.5 Å². The molecule has 1 fully saturated rings. The number of carbonyl (C=O) groups is 2. The van der Waals surface area contributed by atoms with Gasteiger partial charge in [-0.3, -0.25) is 9.59 Å². The number of benzene rings is 1. The number of hydrogen-bond donors (Lipinski definition) is 2. The smallest absolute Gasteiger partial charge is 0.248 e. The minimum atomic E-state index is -0.471. The molecule has 0 atom stereocenters. The number of hydrogen-bond acceptors (Lipinski definition) is 2. The first kappa shape index (κ1) is 13.6. The van der Waals surface area contributed by atoms with Gasteiger partial charge in [-0.15, -0.1) is 0 Å². The van der Waals surface area contributed by atoms with Gasteiger partial charge in [0.25, 0.3) is 0 Å². The van der Waals surface area contributed by atoms with Gasteiger partial charge in [0, 0.05) is 11.1 Å². The molecule has 2 rings (SSSR count). The van der Waals surface area contributed by atoms with Crippen LogP contribution in [0.4, 0.5) is 0 Å². The van der Waals surface area contributed by atoms with Gasteiger partial charge in [-0.2, -0.15) is 0 Å². The van der Waals surface area contributed by atoms with Crippen molar-refractivity contribution < 1.29 is 9.59 Å². The lowest BCUT2D eigenvalue weighted by Gasteiger charge is -2.27. The van der Waals surface area contributed by atoms with Gasteiger partial charge >= 0.3 is 0 Å². The van der Waals surface area contributed by atoms with E-state index in [0.717, 1.165) is 37.2 Å². The molecule has 1 aromatic rings. The lowest BCUT2D eigenvalue weighted by molar-refractivity contribution is 0.0986. The lowest BCUT2D eigenvalue weighted by atomic mass is 9.77. The minimum Gasteiger partial charge on any atom is -0.366 e. The third kappa shape index (κ3) is 2.95. The molecule has 0 saturated heterocycles. The Labute approximate surface area is 113 Å². The molecular weight excluding hydrogens is 240 g/mol. The van der Waals surface area contributed by atoms with Crippen LogP contribution in [0.25, 0.3) is 0 Å². The second kappa shape index (κ2) is 5.43. The Morgan fingerprint density at radius 1 is 1.05 bits per heavy atom. The maximum absolute atomic E-state index is 11.5. The summed E-state index contributed by atoms with van der Waals surface area (Å²) >= 11 is 0. The van der Waals surface area contributed by atoms with E-state index in [2.05, 4.69) is 6.92 Å². The maximum atomic E-state index is 11.5. The highest BCUT2D eigenvalue weighted by molar-refractivity contribution is 5.98.